The first-order valence-electron chi connectivity index (χ1n) is 14.9. The highest BCUT2D eigenvalue weighted by Crippen LogP contribution is 2.34. The van der Waals surface area contributed by atoms with Gasteiger partial charge in [0.1, 0.15) is 17.9 Å². The predicted octanol–water partition coefficient (Wildman–Crippen LogP) is 3.27. The molecule has 1 aromatic rings. The van der Waals surface area contributed by atoms with Crippen LogP contribution in [-0.4, -0.2) is 88.4 Å². The van der Waals surface area contributed by atoms with E-state index >= 15 is 0 Å². The average Bonchev–Trinajstić information content (AvgIpc) is 3.18. The summed E-state index contributed by atoms with van der Waals surface area (Å²) in [6, 6.07) is 4.26. The van der Waals surface area contributed by atoms with Gasteiger partial charge in [0.2, 0.25) is 5.91 Å². The molecule has 1 saturated carbocycles. The van der Waals surface area contributed by atoms with Gasteiger partial charge in [-0.3, -0.25) is 19.3 Å². The van der Waals surface area contributed by atoms with Crippen LogP contribution in [0.2, 0.25) is 0 Å². The smallest absolute Gasteiger partial charge is 0.410 e. The molecular formula is C30H42N4O7. The minimum atomic E-state index is -0.955. The van der Waals surface area contributed by atoms with E-state index in [-0.39, 0.29) is 31.1 Å². The molecule has 4 amide bonds. The molecule has 1 aliphatic carbocycles. The van der Waals surface area contributed by atoms with E-state index in [4.69, 9.17) is 9.47 Å². The lowest BCUT2D eigenvalue weighted by Crippen LogP contribution is -2.55. The second kappa shape index (κ2) is 12.0. The molecule has 2 atom stereocenters. The molecule has 0 aromatic heterocycles. The molecule has 11 nitrogen and oxygen atoms in total. The van der Waals surface area contributed by atoms with Crippen molar-refractivity contribution in [1.82, 2.24) is 15.1 Å². The molecule has 3 aliphatic heterocycles. The van der Waals surface area contributed by atoms with E-state index in [2.05, 4.69) is 10.6 Å². The SMILES string of the molecule is CC(C)(C)OC(=O)N1CCC(O[C@H]2CC[C@H](CNc3cccc4c3C(=O)N(C3CCC(O)NC3=O)C4=O)CC2)CC1. The number of likely N-dealkylation sites (tertiary alicyclic amines) is 1. The maximum absolute atomic E-state index is 13.3. The summed E-state index contributed by atoms with van der Waals surface area (Å²) in [5, 5.41) is 15.5. The van der Waals surface area contributed by atoms with Crippen molar-refractivity contribution < 1.29 is 33.8 Å². The summed E-state index contributed by atoms with van der Waals surface area (Å²) in [5.74, 6) is -1.05. The lowest BCUT2D eigenvalue weighted by atomic mass is 9.87. The Morgan fingerprint density at radius 2 is 1.66 bits per heavy atom. The van der Waals surface area contributed by atoms with E-state index < -0.39 is 35.6 Å². The van der Waals surface area contributed by atoms with E-state index in [1.165, 1.54) is 0 Å². The van der Waals surface area contributed by atoms with Gasteiger partial charge in [0.05, 0.1) is 23.3 Å². The number of nitrogens with zero attached hydrogens (tertiary/aromatic N) is 2. The second-order valence-corrected chi connectivity index (χ2v) is 12.7. The van der Waals surface area contributed by atoms with Gasteiger partial charge in [-0.15, -0.1) is 0 Å². The lowest BCUT2D eigenvalue weighted by molar-refractivity contribution is -0.131. The number of fused-ring (bicyclic) bond motifs is 1. The zero-order chi connectivity index (χ0) is 29.3. The Bertz CT molecular complexity index is 1170. The first-order chi connectivity index (χ1) is 19.5. The number of hydrogen-bond donors (Lipinski definition) is 3. The van der Waals surface area contributed by atoms with E-state index in [1.807, 2.05) is 20.8 Å². The summed E-state index contributed by atoms with van der Waals surface area (Å²) in [4.78, 5) is 54.0. The van der Waals surface area contributed by atoms with Crippen molar-refractivity contribution in [1.29, 1.82) is 0 Å². The molecule has 4 aliphatic rings. The Kier molecular flexibility index (Phi) is 8.56. The molecule has 0 bridgehead atoms. The van der Waals surface area contributed by atoms with E-state index in [9.17, 15) is 24.3 Å². The van der Waals surface area contributed by atoms with Crippen molar-refractivity contribution in [3.8, 4) is 0 Å². The summed E-state index contributed by atoms with van der Waals surface area (Å²) in [5.41, 5.74) is 0.721. The summed E-state index contributed by atoms with van der Waals surface area (Å²) in [6.45, 7) is 7.59. The maximum atomic E-state index is 13.3. The maximum Gasteiger partial charge on any atom is 0.410 e. The van der Waals surface area contributed by atoms with Crippen molar-refractivity contribution >= 4 is 29.5 Å². The fraction of sp³-hybridized carbons (Fsp3) is 0.667. The zero-order valence-electron chi connectivity index (χ0n) is 24.2. The first kappa shape index (κ1) is 29.3. The molecule has 0 radical (unpaired) electrons. The topological polar surface area (TPSA) is 138 Å². The number of nitrogens with one attached hydrogen (secondary N) is 2. The van der Waals surface area contributed by atoms with Gasteiger partial charge in [-0.05, 0) is 90.2 Å². The molecular weight excluding hydrogens is 528 g/mol. The normalized spacial score (nSPS) is 27.5. The summed E-state index contributed by atoms with van der Waals surface area (Å²) < 4.78 is 11.9. The van der Waals surface area contributed by atoms with Crippen LogP contribution in [0, 0.1) is 5.92 Å². The number of carbonyl (C=O) groups is 4. The molecule has 3 fully saturated rings. The number of rotatable bonds is 6. The van der Waals surface area contributed by atoms with Gasteiger partial charge in [0.25, 0.3) is 11.8 Å². The molecule has 5 rings (SSSR count). The van der Waals surface area contributed by atoms with Crippen molar-refractivity contribution in [2.45, 2.75) is 102 Å². The van der Waals surface area contributed by atoms with Crippen LogP contribution in [0.3, 0.4) is 0 Å². The number of benzene rings is 1. The Morgan fingerprint density at radius 1 is 0.976 bits per heavy atom. The van der Waals surface area contributed by atoms with Crippen LogP contribution >= 0.6 is 0 Å². The molecule has 11 heteroatoms. The molecule has 224 valence electrons. The highest BCUT2D eigenvalue weighted by molar-refractivity contribution is 6.25. The van der Waals surface area contributed by atoms with Gasteiger partial charge in [-0.2, -0.15) is 0 Å². The molecule has 3 N–H and O–H groups in total. The van der Waals surface area contributed by atoms with Crippen molar-refractivity contribution in [3.05, 3.63) is 29.3 Å². The summed E-state index contributed by atoms with van der Waals surface area (Å²) >= 11 is 0. The predicted molar refractivity (Wildman–Crippen MR) is 150 cm³/mol. The zero-order valence-corrected chi connectivity index (χ0v) is 24.2. The van der Waals surface area contributed by atoms with Crippen LogP contribution in [0.5, 0.6) is 0 Å². The summed E-state index contributed by atoms with van der Waals surface area (Å²) in [6.07, 6.45) is 5.19. The summed E-state index contributed by atoms with van der Waals surface area (Å²) in [7, 11) is 0. The molecule has 41 heavy (non-hydrogen) atoms. The Hall–Kier alpha value is -3.18. The number of aliphatic hydroxyl groups excluding tert-OH is 1. The number of carbonyl (C=O) groups excluding carboxylic acids is 4. The fourth-order valence-corrected chi connectivity index (χ4v) is 6.26. The van der Waals surface area contributed by atoms with Crippen LogP contribution in [0.15, 0.2) is 18.2 Å². The third-order valence-electron chi connectivity index (χ3n) is 8.44. The van der Waals surface area contributed by atoms with Gasteiger partial charge >= 0.3 is 6.09 Å². The molecule has 2 unspecified atom stereocenters. The van der Waals surface area contributed by atoms with Crippen LogP contribution < -0.4 is 10.6 Å². The van der Waals surface area contributed by atoms with Crippen LogP contribution in [0.4, 0.5) is 10.5 Å². The van der Waals surface area contributed by atoms with Crippen LogP contribution in [0.1, 0.15) is 92.9 Å². The van der Waals surface area contributed by atoms with Crippen LogP contribution in [-0.2, 0) is 14.3 Å². The Morgan fingerprint density at radius 3 is 2.32 bits per heavy atom. The number of hydrogen-bond acceptors (Lipinski definition) is 8. The van der Waals surface area contributed by atoms with Crippen molar-refractivity contribution in [2.24, 2.45) is 5.92 Å². The van der Waals surface area contributed by atoms with Gasteiger partial charge < -0.3 is 30.1 Å². The number of imide groups is 1. The van der Waals surface area contributed by atoms with Crippen molar-refractivity contribution in [2.75, 3.05) is 25.0 Å². The number of amides is 4. The minimum absolute atomic E-state index is 0.154. The number of piperidine rings is 2. The molecule has 2 saturated heterocycles. The highest BCUT2D eigenvalue weighted by atomic mass is 16.6. The lowest BCUT2D eigenvalue weighted by Gasteiger charge is -2.36. The quantitative estimate of drug-likeness (QED) is 0.443. The van der Waals surface area contributed by atoms with Crippen molar-refractivity contribution in [3.63, 3.8) is 0 Å². The van der Waals surface area contributed by atoms with Gasteiger partial charge in [0, 0.05) is 25.3 Å². The first-order valence-corrected chi connectivity index (χ1v) is 14.9. The Balaban J connectivity index is 1.09. The third-order valence-corrected chi connectivity index (χ3v) is 8.44. The number of ether oxygens (including phenoxy) is 2. The standard InChI is InChI=1S/C30H42N4O7/c1-30(2,3)41-29(39)33-15-13-20(14-16-33)40-19-9-7-18(8-10-19)17-31-22-6-4-5-21-25(22)28(38)34(27(21)37)23-11-12-24(35)32-26(23)36/h4-6,18-20,23-24,31,35H,7-17H2,1-3H3,(H,32,36)/t18-,19-,23?,24?. The van der Waals surface area contributed by atoms with E-state index in [0.717, 1.165) is 43.4 Å². The minimum Gasteiger partial charge on any atom is -0.444 e. The average molecular weight is 571 g/mol. The third kappa shape index (κ3) is 6.67. The number of aliphatic hydroxyl groups is 1. The van der Waals surface area contributed by atoms with E-state index in [1.54, 1.807) is 23.1 Å². The monoisotopic (exact) mass is 570 g/mol. The van der Waals surface area contributed by atoms with Gasteiger partial charge in [-0.25, -0.2) is 4.79 Å². The van der Waals surface area contributed by atoms with Gasteiger partial charge in [-0.1, -0.05) is 6.07 Å². The highest BCUT2D eigenvalue weighted by Gasteiger charge is 2.45. The molecule has 3 heterocycles. The largest absolute Gasteiger partial charge is 0.444 e. The second-order valence-electron chi connectivity index (χ2n) is 12.7. The number of anilines is 1. The van der Waals surface area contributed by atoms with Crippen LogP contribution in [0.25, 0.3) is 0 Å². The van der Waals surface area contributed by atoms with Gasteiger partial charge in [0.15, 0.2) is 0 Å². The molecule has 0 spiro atoms. The molecule has 1 aromatic carbocycles. The van der Waals surface area contributed by atoms with E-state index in [0.29, 0.717) is 42.4 Å². The fourth-order valence-electron chi connectivity index (χ4n) is 6.26. The Labute approximate surface area is 240 Å².